The maximum atomic E-state index is 6.07. The highest BCUT2D eigenvalue weighted by atomic mass is 15.2. The van der Waals surface area contributed by atoms with E-state index in [4.69, 9.17) is 5.73 Å². The molecular formula is C16H25N3. The Morgan fingerprint density at radius 3 is 2.47 bits per heavy atom. The third-order valence-electron chi connectivity index (χ3n) is 3.85. The summed E-state index contributed by atoms with van der Waals surface area (Å²) in [6.45, 7) is 7.21. The van der Waals surface area contributed by atoms with E-state index in [1.54, 1.807) is 0 Å². The molecule has 1 aliphatic heterocycles. The van der Waals surface area contributed by atoms with Crippen LogP contribution in [0.5, 0.6) is 0 Å². The number of benzene rings is 1. The van der Waals surface area contributed by atoms with Crippen molar-refractivity contribution in [1.29, 1.82) is 0 Å². The minimum absolute atomic E-state index is 0.420. The van der Waals surface area contributed by atoms with Crippen molar-refractivity contribution >= 4 is 5.96 Å². The van der Waals surface area contributed by atoms with Crippen molar-refractivity contribution in [2.75, 3.05) is 19.6 Å². The van der Waals surface area contributed by atoms with Crippen LogP contribution in [0.2, 0.25) is 0 Å². The van der Waals surface area contributed by atoms with Gasteiger partial charge in [-0.2, -0.15) is 0 Å². The predicted molar refractivity (Wildman–Crippen MR) is 81.5 cm³/mol. The Bertz CT molecular complexity index is 416. The van der Waals surface area contributed by atoms with Crippen molar-refractivity contribution in [2.45, 2.75) is 39.0 Å². The van der Waals surface area contributed by atoms with E-state index in [9.17, 15) is 0 Å². The van der Waals surface area contributed by atoms with Crippen molar-refractivity contribution < 1.29 is 0 Å². The lowest BCUT2D eigenvalue weighted by Gasteiger charge is -2.27. The lowest BCUT2D eigenvalue weighted by atomic mass is 10.0. The Kier molecular flexibility index (Phi) is 4.83. The van der Waals surface area contributed by atoms with Crippen molar-refractivity contribution in [1.82, 2.24) is 4.90 Å². The molecule has 1 unspecified atom stereocenters. The fourth-order valence-electron chi connectivity index (χ4n) is 2.45. The molecule has 1 atom stereocenters. The summed E-state index contributed by atoms with van der Waals surface area (Å²) in [4.78, 5) is 6.78. The number of guanidine groups is 1. The van der Waals surface area contributed by atoms with Crippen LogP contribution in [-0.4, -0.2) is 30.5 Å². The average Bonchev–Trinajstić information content (AvgIpc) is 2.46. The first kappa shape index (κ1) is 13.9. The Labute approximate surface area is 116 Å². The Morgan fingerprint density at radius 1 is 1.21 bits per heavy atom. The lowest BCUT2D eigenvalue weighted by molar-refractivity contribution is 0.338. The molecule has 0 saturated carbocycles. The highest BCUT2D eigenvalue weighted by molar-refractivity contribution is 5.78. The molecule has 1 fully saturated rings. The van der Waals surface area contributed by atoms with Gasteiger partial charge in [-0.25, -0.2) is 0 Å². The minimum atomic E-state index is 0.420. The molecule has 19 heavy (non-hydrogen) atoms. The van der Waals surface area contributed by atoms with E-state index in [2.05, 4.69) is 48.0 Å². The summed E-state index contributed by atoms with van der Waals surface area (Å²) in [7, 11) is 0. The quantitative estimate of drug-likeness (QED) is 0.670. The van der Waals surface area contributed by atoms with Crippen LogP contribution in [0.25, 0.3) is 0 Å². The average molecular weight is 259 g/mol. The van der Waals surface area contributed by atoms with Gasteiger partial charge in [-0.1, -0.05) is 36.8 Å². The largest absolute Gasteiger partial charge is 0.370 e. The van der Waals surface area contributed by atoms with Gasteiger partial charge in [0.05, 0.1) is 0 Å². The molecule has 0 spiro atoms. The maximum absolute atomic E-state index is 6.07. The maximum Gasteiger partial charge on any atom is 0.191 e. The minimum Gasteiger partial charge on any atom is -0.370 e. The Balaban J connectivity index is 1.91. The molecule has 3 nitrogen and oxygen atoms in total. The number of nitrogens with zero attached hydrogens (tertiary/aromatic N) is 2. The number of aliphatic imine (C=N–C) groups is 1. The number of aryl methyl sites for hydroxylation is 1. The number of hydrogen-bond donors (Lipinski definition) is 1. The molecule has 0 aromatic heterocycles. The lowest BCUT2D eigenvalue weighted by Crippen LogP contribution is -2.41. The Hall–Kier alpha value is -1.51. The monoisotopic (exact) mass is 259 g/mol. The predicted octanol–water partition coefficient (Wildman–Crippen LogP) is 2.90. The standard InChI is InChI=1S/C16H25N3/c1-13-6-8-15(9-7-13)14(2)12-18-16(17)19-10-4-3-5-11-19/h6-9,14H,3-5,10-12H2,1-2H3,(H2,17,18). The fraction of sp³-hybridized carbons (Fsp3) is 0.562. The molecule has 1 aliphatic rings. The zero-order chi connectivity index (χ0) is 13.7. The summed E-state index contributed by atoms with van der Waals surface area (Å²) < 4.78 is 0. The van der Waals surface area contributed by atoms with E-state index in [1.165, 1.54) is 30.4 Å². The second kappa shape index (κ2) is 6.60. The van der Waals surface area contributed by atoms with Crippen LogP contribution in [0.3, 0.4) is 0 Å². The first-order chi connectivity index (χ1) is 9.16. The van der Waals surface area contributed by atoms with Gasteiger partial charge in [0.1, 0.15) is 0 Å². The van der Waals surface area contributed by atoms with Gasteiger partial charge in [0.2, 0.25) is 0 Å². The zero-order valence-electron chi connectivity index (χ0n) is 12.1. The van der Waals surface area contributed by atoms with Crippen LogP contribution >= 0.6 is 0 Å². The van der Waals surface area contributed by atoms with E-state index in [0.29, 0.717) is 5.92 Å². The van der Waals surface area contributed by atoms with Gasteiger partial charge in [0, 0.05) is 25.6 Å². The summed E-state index contributed by atoms with van der Waals surface area (Å²) in [5.41, 5.74) is 8.71. The molecule has 0 aliphatic carbocycles. The van der Waals surface area contributed by atoms with Crippen molar-refractivity contribution in [3.8, 4) is 0 Å². The van der Waals surface area contributed by atoms with Gasteiger partial charge >= 0.3 is 0 Å². The van der Waals surface area contributed by atoms with E-state index < -0.39 is 0 Å². The third-order valence-corrected chi connectivity index (χ3v) is 3.85. The molecule has 3 heteroatoms. The topological polar surface area (TPSA) is 41.6 Å². The molecule has 0 amide bonds. The van der Waals surface area contributed by atoms with Crippen LogP contribution in [0.15, 0.2) is 29.3 Å². The molecule has 1 aromatic rings. The number of nitrogens with two attached hydrogens (primary N) is 1. The summed E-state index contributed by atoms with van der Waals surface area (Å²) in [5.74, 6) is 1.14. The highest BCUT2D eigenvalue weighted by Crippen LogP contribution is 2.16. The second-order valence-corrected chi connectivity index (χ2v) is 5.56. The molecule has 1 saturated heterocycles. The van der Waals surface area contributed by atoms with Crippen LogP contribution in [0.1, 0.15) is 43.2 Å². The Morgan fingerprint density at radius 2 is 1.84 bits per heavy atom. The fourth-order valence-corrected chi connectivity index (χ4v) is 2.45. The third kappa shape index (κ3) is 3.98. The van der Waals surface area contributed by atoms with Crippen molar-refractivity contribution in [2.24, 2.45) is 10.7 Å². The summed E-state index contributed by atoms with van der Waals surface area (Å²) in [6, 6.07) is 8.69. The van der Waals surface area contributed by atoms with Crippen LogP contribution in [0, 0.1) is 6.92 Å². The van der Waals surface area contributed by atoms with E-state index in [-0.39, 0.29) is 0 Å². The number of rotatable bonds is 3. The van der Waals surface area contributed by atoms with E-state index in [0.717, 1.165) is 25.6 Å². The molecule has 1 aromatic carbocycles. The van der Waals surface area contributed by atoms with Crippen LogP contribution in [0.4, 0.5) is 0 Å². The SMILES string of the molecule is Cc1ccc(C(C)CN=C(N)N2CCCCC2)cc1. The molecule has 2 N–H and O–H groups in total. The van der Waals surface area contributed by atoms with E-state index >= 15 is 0 Å². The zero-order valence-corrected chi connectivity index (χ0v) is 12.1. The first-order valence-electron chi connectivity index (χ1n) is 7.28. The number of likely N-dealkylation sites (tertiary alicyclic amines) is 1. The highest BCUT2D eigenvalue weighted by Gasteiger charge is 2.12. The van der Waals surface area contributed by atoms with Gasteiger partial charge in [-0.15, -0.1) is 0 Å². The van der Waals surface area contributed by atoms with Crippen molar-refractivity contribution in [3.63, 3.8) is 0 Å². The van der Waals surface area contributed by atoms with Gasteiger partial charge in [-0.05, 0) is 31.7 Å². The van der Waals surface area contributed by atoms with E-state index in [1.807, 2.05) is 0 Å². The summed E-state index contributed by atoms with van der Waals surface area (Å²) >= 11 is 0. The molecular weight excluding hydrogens is 234 g/mol. The van der Waals surface area contributed by atoms with Gasteiger partial charge < -0.3 is 10.6 Å². The molecule has 0 bridgehead atoms. The summed E-state index contributed by atoms with van der Waals surface area (Å²) in [6.07, 6.45) is 3.80. The molecule has 1 heterocycles. The van der Waals surface area contributed by atoms with Gasteiger partial charge in [0.25, 0.3) is 0 Å². The smallest absolute Gasteiger partial charge is 0.191 e. The summed E-state index contributed by atoms with van der Waals surface area (Å²) in [5, 5.41) is 0. The van der Waals surface area contributed by atoms with Crippen LogP contribution in [-0.2, 0) is 0 Å². The first-order valence-corrected chi connectivity index (χ1v) is 7.28. The van der Waals surface area contributed by atoms with Crippen molar-refractivity contribution in [3.05, 3.63) is 35.4 Å². The second-order valence-electron chi connectivity index (χ2n) is 5.56. The number of piperidine rings is 1. The molecule has 104 valence electrons. The molecule has 0 radical (unpaired) electrons. The molecule has 2 rings (SSSR count). The van der Waals surface area contributed by atoms with Gasteiger partial charge in [-0.3, -0.25) is 4.99 Å². The number of hydrogen-bond acceptors (Lipinski definition) is 1. The van der Waals surface area contributed by atoms with Crippen LogP contribution < -0.4 is 5.73 Å². The normalized spacial score (nSPS) is 18.4. The van der Waals surface area contributed by atoms with Gasteiger partial charge in [0.15, 0.2) is 5.96 Å².